The van der Waals surface area contributed by atoms with Crippen LogP contribution in [-0.4, -0.2) is 60.6 Å². The highest BCUT2D eigenvalue weighted by Gasteiger charge is 2.72. The molecule has 4 atom stereocenters. The largest absolute Gasteiger partial charge is 0.449 e. The van der Waals surface area contributed by atoms with E-state index in [0.717, 1.165) is 0 Å². The van der Waals surface area contributed by atoms with Gasteiger partial charge in [-0.1, -0.05) is 18.2 Å². The lowest BCUT2D eigenvalue weighted by Crippen LogP contribution is -2.55. The van der Waals surface area contributed by atoms with Crippen molar-refractivity contribution in [2.75, 3.05) is 25.6 Å². The van der Waals surface area contributed by atoms with Gasteiger partial charge in [0.15, 0.2) is 5.72 Å². The number of amides is 1. The van der Waals surface area contributed by atoms with Crippen molar-refractivity contribution in [3.05, 3.63) is 52.9 Å². The smallest absolute Gasteiger partial charge is 0.404 e. The number of fused-ring (bicyclic) bond motifs is 4. The minimum Gasteiger partial charge on any atom is -0.449 e. The summed E-state index contributed by atoms with van der Waals surface area (Å²) in [6, 6.07) is 9.27. The van der Waals surface area contributed by atoms with Gasteiger partial charge in [-0.25, -0.2) is 4.79 Å². The van der Waals surface area contributed by atoms with Crippen LogP contribution in [-0.2, 0) is 19.1 Å². The summed E-state index contributed by atoms with van der Waals surface area (Å²) < 4.78 is 11.1. The normalized spacial score (nSPS) is 31.5. The molecular formula is C21H22N4O5. The molecule has 9 heteroatoms. The molecule has 0 saturated carbocycles. The van der Waals surface area contributed by atoms with Gasteiger partial charge >= 0.3 is 6.09 Å². The van der Waals surface area contributed by atoms with E-state index in [2.05, 4.69) is 10.6 Å². The van der Waals surface area contributed by atoms with Crippen LogP contribution in [0, 0.1) is 5.92 Å². The first-order valence-corrected chi connectivity index (χ1v) is 9.77. The van der Waals surface area contributed by atoms with Gasteiger partial charge in [-0.15, -0.1) is 0 Å². The lowest BCUT2D eigenvalue weighted by Gasteiger charge is -2.39. The van der Waals surface area contributed by atoms with E-state index in [-0.39, 0.29) is 36.0 Å². The maximum absolute atomic E-state index is 13.6. The van der Waals surface area contributed by atoms with Gasteiger partial charge in [0.05, 0.1) is 23.4 Å². The van der Waals surface area contributed by atoms with Crippen LogP contribution in [0.15, 0.2) is 52.9 Å². The third kappa shape index (κ3) is 2.39. The van der Waals surface area contributed by atoms with Crippen LogP contribution in [0.1, 0.15) is 6.92 Å². The summed E-state index contributed by atoms with van der Waals surface area (Å²) >= 11 is 0. The fraction of sp³-hybridized carbons (Fsp3) is 0.381. The first-order valence-electron chi connectivity index (χ1n) is 9.77. The van der Waals surface area contributed by atoms with Crippen molar-refractivity contribution in [2.24, 2.45) is 11.7 Å². The van der Waals surface area contributed by atoms with Crippen LogP contribution in [0.3, 0.4) is 0 Å². The molecule has 0 spiro atoms. The van der Waals surface area contributed by atoms with E-state index in [1.807, 2.05) is 35.2 Å². The molecule has 0 radical (unpaired) electrons. The minimum atomic E-state index is -0.974. The van der Waals surface area contributed by atoms with Crippen LogP contribution in [0.4, 0.5) is 10.5 Å². The van der Waals surface area contributed by atoms with Crippen LogP contribution >= 0.6 is 0 Å². The third-order valence-corrected chi connectivity index (χ3v) is 6.47. The number of para-hydroxylation sites is 1. The Morgan fingerprint density at radius 1 is 1.30 bits per heavy atom. The summed E-state index contributed by atoms with van der Waals surface area (Å²) in [6.45, 7) is 2.03. The number of ether oxygens (including phenoxy) is 2. The summed E-state index contributed by atoms with van der Waals surface area (Å²) in [5, 5.41) is 6.43. The van der Waals surface area contributed by atoms with Crippen molar-refractivity contribution in [3.8, 4) is 0 Å². The van der Waals surface area contributed by atoms with Gasteiger partial charge in [0.2, 0.25) is 11.6 Å². The zero-order chi connectivity index (χ0) is 21.2. The quantitative estimate of drug-likeness (QED) is 0.472. The number of Topliss-reactive ketones (excluding diaryl/α,β-unsaturated/α-hetero) is 2. The number of carbonyl (C=O) groups excluding carboxylic acids is 3. The lowest BCUT2D eigenvalue weighted by molar-refractivity contribution is -0.137. The minimum absolute atomic E-state index is 0.0685. The van der Waals surface area contributed by atoms with Crippen LogP contribution < -0.4 is 16.4 Å². The molecule has 1 aliphatic carbocycles. The Bertz CT molecular complexity index is 1030. The number of methoxy groups -OCH3 is 1. The number of hydrogen-bond acceptors (Lipinski definition) is 8. The van der Waals surface area contributed by atoms with Crippen LogP contribution in [0.5, 0.6) is 0 Å². The molecule has 2 fully saturated rings. The number of ketones is 2. The topological polar surface area (TPSA) is 133 Å². The summed E-state index contributed by atoms with van der Waals surface area (Å²) in [7, 11) is 1.55. The molecule has 9 nitrogen and oxygen atoms in total. The molecule has 3 heterocycles. The Labute approximate surface area is 172 Å². The number of hydrogen-bond donors (Lipinski definition) is 3. The highest BCUT2D eigenvalue weighted by molar-refractivity contribution is 6.26. The number of nitrogens with zero attached hydrogens (tertiary/aromatic N) is 1. The van der Waals surface area contributed by atoms with Crippen LogP contribution in [0.2, 0.25) is 0 Å². The molecule has 2 saturated heterocycles. The SMILES string of the molecule is COC12[C@@H]3N[C@@H]3CN1C1=C(C(=O)C(Nc3ccccc3)=C(C)C1=O)[C@@H]2COC(N)=O. The van der Waals surface area contributed by atoms with Crippen molar-refractivity contribution in [1.29, 1.82) is 0 Å². The van der Waals surface area contributed by atoms with E-state index in [1.165, 1.54) is 0 Å². The highest BCUT2D eigenvalue weighted by atomic mass is 16.6. The van der Waals surface area contributed by atoms with Gasteiger partial charge in [-0.3, -0.25) is 9.59 Å². The predicted molar refractivity (Wildman–Crippen MR) is 106 cm³/mol. The van der Waals surface area contributed by atoms with E-state index in [0.29, 0.717) is 29.1 Å². The van der Waals surface area contributed by atoms with Gasteiger partial charge in [0, 0.05) is 36.5 Å². The second-order valence-electron chi connectivity index (χ2n) is 7.91. The Kier molecular flexibility index (Phi) is 4.03. The third-order valence-electron chi connectivity index (χ3n) is 6.47. The Hall–Kier alpha value is -3.17. The van der Waals surface area contributed by atoms with Crippen molar-refractivity contribution in [3.63, 3.8) is 0 Å². The molecule has 1 amide bonds. The molecule has 5 rings (SSSR count). The van der Waals surface area contributed by atoms with E-state index in [9.17, 15) is 14.4 Å². The summed E-state index contributed by atoms with van der Waals surface area (Å²) in [5.74, 6) is -1.17. The molecule has 1 unspecified atom stereocenters. The predicted octanol–water partition coefficient (Wildman–Crippen LogP) is 0.502. The number of allylic oxidation sites excluding steroid dienone is 2. The molecule has 1 aromatic rings. The summed E-state index contributed by atoms with van der Waals surface area (Å²) in [4.78, 5) is 40.2. The fourth-order valence-corrected chi connectivity index (χ4v) is 5.11. The zero-order valence-electron chi connectivity index (χ0n) is 16.6. The van der Waals surface area contributed by atoms with Gasteiger partial charge < -0.3 is 30.7 Å². The molecule has 30 heavy (non-hydrogen) atoms. The first-order chi connectivity index (χ1) is 14.4. The molecule has 1 aromatic carbocycles. The highest BCUT2D eigenvalue weighted by Crippen LogP contribution is 2.55. The number of rotatable bonds is 5. The molecule has 0 bridgehead atoms. The number of primary amides is 1. The van der Waals surface area contributed by atoms with Crippen molar-refractivity contribution in [2.45, 2.75) is 24.7 Å². The average molecular weight is 410 g/mol. The number of benzene rings is 1. The molecule has 4 N–H and O–H groups in total. The Morgan fingerprint density at radius 3 is 2.70 bits per heavy atom. The summed E-state index contributed by atoms with van der Waals surface area (Å²) in [5.41, 5.74) is 6.14. The van der Waals surface area contributed by atoms with Crippen LogP contribution in [0.25, 0.3) is 0 Å². The Balaban J connectivity index is 1.58. The number of piperazine rings is 1. The number of nitrogens with one attached hydrogen (secondary N) is 2. The Morgan fingerprint density at radius 2 is 2.03 bits per heavy atom. The monoisotopic (exact) mass is 410 g/mol. The van der Waals surface area contributed by atoms with E-state index in [1.54, 1.807) is 14.0 Å². The second-order valence-corrected chi connectivity index (χ2v) is 7.91. The maximum atomic E-state index is 13.6. The standard InChI is InChI=1S/C21H22N4O5/c1-10-15(23-11-6-4-3-5-7-11)18(27)14-12(9-30-20(22)28)21(29-2)19-13(24-19)8-25(21)16(14)17(10)26/h3-7,12-13,19,23-24H,8-9H2,1-2H3,(H2,22,28)/t12-,13+,19+,21?/m0/s1. The van der Waals surface area contributed by atoms with Gasteiger partial charge in [-0.2, -0.15) is 0 Å². The van der Waals surface area contributed by atoms with Gasteiger partial charge in [0.25, 0.3) is 0 Å². The van der Waals surface area contributed by atoms with Gasteiger partial charge in [0.1, 0.15) is 6.61 Å². The average Bonchev–Trinajstić information content (AvgIpc) is 3.35. The van der Waals surface area contributed by atoms with Gasteiger partial charge in [-0.05, 0) is 19.1 Å². The van der Waals surface area contributed by atoms with Crippen molar-refractivity contribution < 1.29 is 23.9 Å². The number of anilines is 1. The van der Waals surface area contributed by atoms with E-state index in [4.69, 9.17) is 15.2 Å². The zero-order valence-corrected chi connectivity index (χ0v) is 16.6. The maximum Gasteiger partial charge on any atom is 0.404 e. The van der Waals surface area contributed by atoms with Crippen molar-refractivity contribution >= 4 is 23.3 Å². The molecule has 0 aromatic heterocycles. The fourth-order valence-electron chi connectivity index (χ4n) is 5.11. The van der Waals surface area contributed by atoms with E-state index >= 15 is 0 Å². The number of nitrogens with two attached hydrogens (primary N) is 1. The molecule has 156 valence electrons. The first kappa shape index (κ1) is 18.8. The van der Waals surface area contributed by atoms with Crippen molar-refractivity contribution in [1.82, 2.24) is 10.2 Å². The summed E-state index contributed by atoms with van der Waals surface area (Å²) in [6.07, 6.45) is -0.941. The molecular weight excluding hydrogens is 388 g/mol. The number of carbonyl (C=O) groups is 3. The lowest BCUT2D eigenvalue weighted by atomic mass is 9.82. The second kappa shape index (κ2) is 6.41. The molecule has 3 aliphatic heterocycles. The van der Waals surface area contributed by atoms with E-state index < -0.39 is 17.7 Å². The molecule has 4 aliphatic rings.